The number of aromatic hydroxyl groups is 1. The molecule has 4 nitrogen and oxygen atoms in total. The molecule has 0 bridgehead atoms. The molecule has 23 heavy (non-hydrogen) atoms. The van der Waals surface area contributed by atoms with E-state index in [1.807, 2.05) is 19.1 Å². The van der Waals surface area contributed by atoms with Crippen LogP contribution in [0.3, 0.4) is 0 Å². The van der Waals surface area contributed by atoms with E-state index in [4.69, 9.17) is 4.74 Å². The first-order valence-electron chi connectivity index (χ1n) is 7.66. The molecular formula is C17H28Cl2N2O2. The van der Waals surface area contributed by atoms with Crippen LogP contribution in [0.2, 0.25) is 0 Å². The lowest BCUT2D eigenvalue weighted by atomic mass is 9.97. The van der Waals surface area contributed by atoms with E-state index < -0.39 is 0 Å². The Bertz CT molecular complexity index is 491. The highest BCUT2D eigenvalue weighted by Gasteiger charge is 2.23. The molecule has 132 valence electrons. The van der Waals surface area contributed by atoms with E-state index in [1.54, 1.807) is 6.07 Å². The van der Waals surface area contributed by atoms with Gasteiger partial charge in [-0.05, 0) is 38.0 Å². The zero-order valence-electron chi connectivity index (χ0n) is 13.9. The van der Waals surface area contributed by atoms with Crippen molar-refractivity contribution in [1.82, 2.24) is 10.2 Å². The number of ether oxygens (including phenoxy) is 1. The Morgan fingerprint density at radius 2 is 2.00 bits per heavy atom. The lowest BCUT2D eigenvalue weighted by Crippen LogP contribution is -2.45. The standard InChI is InChI=1S/C17H26N2O2.2ClH/c1-4-21-17-12-14(5-6-16(17)20)15(11-13(2)3)19-9-7-18-8-10-19;;/h5-6,12,15,18,20H,2,4,7-11H2,1,3H3;2*1H/t15-;;/m0../s1. The van der Waals surface area contributed by atoms with Gasteiger partial charge in [0.2, 0.25) is 0 Å². The van der Waals surface area contributed by atoms with Crippen LogP contribution in [0.25, 0.3) is 0 Å². The Morgan fingerprint density at radius 3 is 2.57 bits per heavy atom. The number of piperazine rings is 1. The molecule has 1 aliphatic rings. The number of nitrogens with one attached hydrogen (secondary N) is 1. The summed E-state index contributed by atoms with van der Waals surface area (Å²) >= 11 is 0. The van der Waals surface area contributed by atoms with E-state index in [1.165, 1.54) is 11.1 Å². The average Bonchev–Trinajstić information content (AvgIpc) is 2.48. The molecule has 1 heterocycles. The van der Waals surface area contributed by atoms with Crippen LogP contribution in [0.5, 0.6) is 11.5 Å². The predicted octanol–water partition coefficient (Wildman–Crippen LogP) is 3.55. The molecule has 2 N–H and O–H groups in total. The molecule has 1 aromatic rings. The first-order valence-corrected chi connectivity index (χ1v) is 7.66. The summed E-state index contributed by atoms with van der Waals surface area (Å²) in [5.74, 6) is 0.770. The second kappa shape index (κ2) is 10.8. The van der Waals surface area contributed by atoms with Crippen molar-refractivity contribution in [3.8, 4) is 11.5 Å². The Balaban J connectivity index is 0.00000242. The van der Waals surface area contributed by atoms with E-state index in [2.05, 4.69) is 23.7 Å². The molecule has 0 aromatic heterocycles. The molecule has 0 radical (unpaired) electrons. The Kier molecular flexibility index (Phi) is 10.3. The van der Waals surface area contributed by atoms with Gasteiger partial charge < -0.3 is 15.2 Å². The van der Waals surface area contributed by atoms with Crippen LogP contribution in [0.4, 0.5) is 0 Å². The van der Waals surface area contributed by atoms with Crippen LogP contribution >= 0.6 is 24.8 Å². The Hall–Kier alpha value is -0.940. The second-order valence-electron chi connectivity index (χ2n) is 5.62. The topological polar surface area (TPSA) is 44.7 Å². The van der Waals surface area contributed by atoms with E-state index in [-0.39, 0.29) is 30.6 Å². The maximum absolute atomic E-state index is 9.87. The van der Waals surface area contributed by atoms with Crippen LogP contribution in [0.15, 0.2) is 30.4 Å². The third-order valence-corrected chi connectivity index (χ3v) is 3.80. The number of phenols is 1. The van der Waals surface area contributed by atoms with Crippen LogP contribution in [-0.2, 0) is 0 Å². The molecular weight excluding hydrogens is 335 g/mol. The quantitative estimate of drug-likeness (QED) is 0.759. The number of benzene rings is 1. The van der Waals surface area contributed by atoms with Crippen LogP contribution in [-0.4, -0.2) is 42.8 Å². The molecule has 0 saturated carbocycles. The maximum Gasteiger partial charge on any atom is 0.161 e. The van der Waals surface area contributed by atoms with Crippen molar-refractivity contribution < 1.29 is 9.84 Å². The average molecular weight is 363 g/mol. The number of rotatable bonds is 6. The molecule has 1 aliphatic heterocycles. The fourth-order valence-electron chi connectivity index (χ4n) is 2.79. The molecule has 1 aromatic carbocycles. The first kappa shape index (κ1) is 22.1. The van der Waals surface area contributed by atoms with Gasteiger partial charge in [-0.25, -0.2) is 0 Å². The third kappa shape index (κ3) is 6.22. The smallest absolute Gasteiger partial charge is 0.161 e. The van der Waals surface area contributed by atoms with Gasteiger partial charge in [0.15, 0.2) is 11.5 Å². The van der Waals surface area contributed by atoms with Gasteiger partial charge in [-0.1, -0.05) is 11.6 Å². The Labute approximate surface area is 151 Å². The van der Waals surface area contributed by atoms with E-state index in [0.717, 1.165) is 32.6 Å². The minimum absolute atomic E-state index is 0. The number of halogens is 2. The molecule has 0 unspecified atom stereocenters. The van der Waals surface area contributed by atoms with Gasteiger partial charge in [0, 0.05) is 32.2 Å². The molecule has 2 rings (SSSR count). The zero-order valence-corrected chi connectivity index (χ0v) is 15.5. The normalized spacial score (nSPS) is 15.9. The number of phenolic OH excluding ortho intramolecular Hbond substituents is 1. The molecule has 1 saturated heterocycles. The fourth-order valence-corrected chi connectivity index (χ4v) is 2.79. The molecule has 0 aliphatic carbocycles. The molecule has 0 spiro atoms. The van der Waals surface area contributed by atoms with Crippen LogP contribution in [0, 0.1) is 0 Å². The number of hydrogen-bond acceptors (Lipinski definition) is 4. The van der Waals surface area contributed by atoms with Crippen molar-refractivity contribution in [2.45, 2.75) is 26.3 Å². The van der Waals surface area contributed by atoms with Crippen LogP contribution < -0.4 is 10.1 Å². The summed E-state index contributed by atoms with van der Waals surface area (Å²) in [6.45, 7) is 12.7. The van der Waals surface area contributed by atoms with Crippen molar-refractivity contribution >= 4 is 24.8 Å². The second-order valence-corrected chi connectivity index (χ2v) is 5.62. The largest absolute Gasteiger partial charge is 0.504 e. The third-order valence-electron chi connectivity index (χ3n) is 3.80. The van der Waals surface area contributed by atoms with Crippen molar-refractivity contribution in [2.24, 2.45) is 0 Å². The van der Waals surface area contributed by atoms with E-state index >= 15 is 0 Å². The van der Waals surface area contributed by atoms with Crippen molar-refractivity contribution in [2.75, 3.05) is 32.8 Å². The van der Waals surface area contributed by atoms with E-state index in [9.17, 15) is 5.11 Å². The summed E-state index contributed by atoms with van der Waals surface area (Å²) in [6.07, 6.45) is 0.927. The lowest BCUT2D eigenvalue weighted by Gasteiger charge is -2.35. The van der Waals surface area contributed by atoms with Crippen LogP contribution in [0.1, 0.15) is 31.9 Å². The van der Waals surface area contributed by atoms with Gasteiger partial charge >= 0.3 is 0 Å². The highest BCUT2D eigenvalue weighted by atomic mass is 35.5. The SMILES string of the molecule is C=C(C)C[C@@H](c1ccc(O)c(OCC)c1)N1CCNCC1.Cl.Cl. The molecule has 0 amide bonds. The maximum atomic E-state index is 9.87. The summed E-state index contributed by atoms with van der Waals surface area (Å²) in [5, 5.41) is 13.3. The molecule has 1 fully saturated rings. The molecule has 6 heteroatoms. The lowest BCUT2D eigenvalue weighted by molar-refractivity contribution is 0.172. The Morgan fingerprint density at radius 1 is 1.35 bits per heavy atom. The van der Waals surface area contributed by atoms with Crippen molar-refractivity contribution in [3.05, 3.63) is 35.9 Å². The van der Waals surface area contributed by atoms with Gasteiger partial charge in [-0.15, -0.1) is 31.4 Å². The minimum atomic E-state index is 0. The van der Waals surface area contributed by atoms with Gasteiger partial charge in [0.25, 0.3) is 0 Å². The molecule has 1 atom stereocenters. The summed E-state index contributed by atoms with van der Waals surface area (Å²) in [4.78, 5) is 2.48. The fraction of sp³-hybridized carbons (Fsp3) is 0.529. The van der Waals surface area contributed by atoms with Crippen molar-refractivity contribution in [3.63, 3.8) is 0 Å². The summed E-state index contributed by atoms with van der Waals surface area (Å²) < 4.78 is 5.52. The summed E-state index contributed by atoms with van der Waals surface area (Å²) in [6, 6.07) is 5.99. The summed E-state index contributed by atoms with van der Waals surface area (Å²) in [5.41, 5.74) is 2.35. The predicted molar refractivity (Wildman–Crippen MR) is 100 cm³/mol. The first-order chi connectivity index (χ1) is 10.1. The van der Waals surface area contributed by atoms with Gasteiger partial charge in [-0.2, -0.15) is 0 Å². The number of hydrogen-bond donors (Lipinski definition) is 2. The minimum Gasteiger partial charge on any atom is -0.504 e. The summed E-state index contributed by atoms with van der Waals surface area (Å²) in [7, 11) is 0. The van der Waals surface area contributed by atoms with E-state index in [0.29, 0.717) is 18.4 Å². The number of nitrogens with zero attached hydrogens (tertiary/aromatic N) is 1. The highest BCUT2D eigenvalue weighted by Crippen LogP contribution is 2.34. The zero-order chi connectivity index (χ0) is 15.2. The van der Waals surface area contributed by atoms with Gasteiger partial charge in [0.1, 0.15) is 0 Å². The van der Waals surface area contributed by atoms with Crippen molar-refractivity contribution in [1.29, 1.82) is 0 Å². The monoisotopic (exact) mass is 362 g/mol. The highest BCUT2D eigenvalue weighted by molar-refractivity contribution is 5.85. The van der Waals surface area contributed by atoms with Gasteiger partial charge in [0.05, 0.1) is 6.61 Å². The van der Waals surface area contributed by atoms with Gasteiger partial charge in [-0.3, -0.25) is 4.90 Å².